The molecular formula is C7H16N4O2. The van der Waals surface area contributed by atoms with Crippen molar-refractivity contribution in [2.45, 2.75) is 18.9 Å². The number of aliphatic carboxylic acids is 1. The van der Waals surface area contributed by atoms with Crippen LogP contribution in [-0.2, 0) is 4.79 Å². The molecule has 1 unspecified atom stereocenters. The Morgan fingerprint density at radius 1 is 1.69 bits per heavy atom. The second-order valence-electron chi connectivity index (χ2n) is 2.57. The highest BCUT2D eigenvalue weighted by molar-refractivity contribution is 5.84. The van der Waals surface area contributed by atoms with Crippen molar-refractivity contribution in [1.29, 1.82) is 0 Å². The third kappa shape index (κ3) is 5.02. The van der Waals surface area contributed by atoms with Crippen LogP contribution < -0.4 is 16.8 Å². The van der Waals surface area contributed by atoms with E-state index < -0.39 is 12.0 Å². The molecule has 1 atom stereocenters. The molecule has 0 aromatic carbocycles. The summed E-state index contributed by atoms with van der Waals surface area (Å²) >= 11 is 0. The molecular weight excluding hydrogens is 172 g/mol. The first kappa shape index (κ1) is 11.7. The van der Waals surface area contributed by atoms with E-state index in [0.29, 0.717) is 19.4 Å². The normalized spacial score (nSPS) is 13.8. The van der Waals surface area contributed by atoms with Crippen LogP contribution in [0.4, 0.5) is 0 Å². The van der Waals surface area contributed by atoms with Crippen LogP contribution >= 0.6 is 0 Å². The van der Waals surface area contributed by atoms with Gasteiger partial charge >= 0.3 is 5.97 Å². The summed E-state index contributed by atoms with van der Waals surface area (Å²) in [5, 5.41) is 11.3. The van der Waals surface area contributed by atoms with Gasteiger partial charge in [0.25, 0.3) is 0 Å². The number of carboxylic acid groups (broad SMARTS) is 1. The maximum atomic E-state index is 10.6. The average molecular weight is 188 g/mol. The fourth-order valence-electron chi connectivity index (χ4n) is 0.822. The van der Waals surface area contributed by atoms with Crippen molar-refractivity contribution in [3.05, 3.63) is 0 Å². The number of nitrogens with zero attached hydrogens (tertiary/aromatic N) is 1. The zero-order valence-electron chi connectivity index (χ0n) is 7.66. The molecule has 0 radical (unpaired) electrons. The summed E-state index contributed by atoms with van der Waals surface area (Å²) in [5.74, 6) is -0.815. The van der Waals surface area contributed by atoms with E-state index in [1.165, 1.54) is 7.05 Å². The van der Waals surface area contributed by atoms with Gasteiger partial charge in [-0.2, -0.15) is 0 Å². The molecule has 0 bridgehead atoms. The number of aliphatic imine (C=N–C) groups is 1. The van der Waals surface area contributed by atoms with Crippen molar-refractivity contribution >= 4 is 11.9 Å². The lowest BCUT2D eigenvalue weighted by molar-refractivity contribution is -0.139. The van der Waals surface area contributed by atoms with Gasteiger partial charge in [-0.1, -0.05) is 0 Å². The summed E-state index contributed by atoms with van der Waals surface area (Å²) in [6, 6.07) is -0.702. The first-order chi connectivity index (χ1) is 6.11. The Morgan fingerprint density at radius 3 is 2.69 bits per heavy atom. The minimum absolute atomic E-state index is 0.129. The number of hydrogen-bond donors (Lipinski definition) is 4. The predicted octanol–water partition coefficient (Wildman–Crippen LogP) is -1.29. The maximum Gasteiger partial charge on any atom is 0.326 e. The predicted molar refractivity (Wildman–Crippen MR) is 50.4 cm³/mol. The van der Waals surface area contributed by atoms with Crippen molar-refractivity contribution in [1.82, 2.24) is 5.32 Å². The van der Waals surface area contributed by atoms with Gasteiger partial charge in [0.2, 0.25) is 0 Å². The zero-order chi connectivity index (χ0) is 10.3. The van der Waals surface area contributed by atoms with Gasteiger partial charge in [0, 0.05) is 7.05 Å². The summed E-state index contributed by atoms with van der Waals surface area (Å²) in [4.78, 5) is 14.3. The Hall–Kier alpha value is -1.30. The van der Waals surface area contributed by atoms with Crippen molar-refractivity contribution in [3.63, 3.8) is 0 Å². The second-order valence-corrected chi connectivity index (χ2v) is 2.57. The highest BCUT2D eigenvalue weighted by atomic mass is 16.4. The lowest BCUT2D eigenvalue weighted by Gasteiger charge is -2.13. The standard InChI is InChI=1S/C7H16N4O2/c1-10-7(9)11-5(6(12)13)3-2-4-8/h5H,2-4,8H2,1H3,(H,12,13)(H3,9,10,11). The molecule has 76 valence electrons. The summed E-state index contributed by atoms with van der Waals surface area (Å²) in [6.07, 6.45) is 1.09. The van der Waals surface area contributed by atoms with Crippen LogP contribution in [0.25, 0.3) is 0 Å². The molecule has 0 spiro atoms. The van der Waals surface area contributed by atoms with Gasteiger partial charge < -0.3 is 21.9 Å². The molecule has 0 aliphatic carbocycles. The largest absolute Gasteiger partial charge is 0.480 e. The summed E-state index contributed by atoms with van der Waals surface area (Å²) in [6.45, 7) is 0.467. The molecule has 6 heteroatoms. The van der Waals surface area contributed by atoms with Crippen LogP contribution in [0, 0.1) is 0 Å². The fourth-order valence-corrected chi connectivity index (χ4v) is 0.822. The molecule has 0 saturated heterocycles. The number of nitrogens with two attached hydrogens (primary N) is 2. The summed E-state index contributed by atoms with van der Waals surface area (Å²) < 4.78 is 0. The minimum Gasteiger partial charge on any atom is -0.480 e. The number of nitrogens with one attached hydrogen (secondary N) is 1. The fraction of sp³-hybridized carbons (Fsp3) is 0.714. The quantitative estimate of drug-likeness (QED) is 0.317. The molecule has 0 aromatic rings. The summed E-state index contributed by atoms with van der Waals surface area (Å²) in [7, 11) is 1.49. The Morgan fingerprint density at radius 2 is 2.31 bits per heavy atom. The monoisotopic (exact) mass is 188 g/mol. The van der Waals surface area contributed by atoms with Crippen LogP contribution in [0.3, 0.4) is 0 Å². The van der Waals surface area contributed by atoms with E-state index in [2.05, 4.69) is 10.3 Å². The highest BCUT2D eigenvalue weighted by Gasteiger charge is 2.16. The molecule has 0 amide bonds. The SMILES string of the molecule is CN=C(N)NC(CCCN)C(=O)O. The van der Waals surface area contributed by atoms with E-state index in [1.54, 1.807) is 0 Å². The Labute approximate surface area is 77.0 Å². The number of carbonyl (C=O) groups is 1. The molecule has 0 aliphatic rings. The molecule has 0 rings (SSSR count). The molecule has 13 heavy (non-hydrogen) atoms. The van der Waals surface area contributed by atoms with E-state index in [1.807, 2.05) is 0 Å². The number of hydrogen-bond acceptors (Lipinski definition) is 3. The molecule has 0 aliphatic heterocycles. The van der Waals surface area contributed by atoms with Crippen molar-refractivity contribution < 1.29 is 9.90 Å². The van der Waals surface area contributed by atoms with Crippen molar-refractivity contribution in [2.75, 3.05) is 13.6 Å². The summed E-state index contributed by atoms with van der Waals surface area (Å²) in [5.41, 5.74) is 10.6. The van der Waals surface area contributed by atoms with Crippen molar-refractivity contribution in [2.24, 2.45) is 16.5 Å². The maximum absolute atomic E-state index is 10.6. The Balaban J connectivity index is 4.02. The van der Waals surface area contributed by atoms with E-state index in [0.717, 1.165) is 0 Å². The molecule has 0 aromatic heterocycles. The third-order valence-electron chi connectivity index (χ3n) is 1.56. The van der Waals surface area contributed by atoms with Crippen LogP contribution in [0.1, 0.15) is 12.8 Å². The first-order valence-electron chi connectivity index (χ1n) is 4.03. The first-order valence-corrected chi connectivity index (χ1v) is 4.03. The van der Waals surface area contributed by atoms with Gasteiger partial charge in [0.15, 0.2) is 5.96 Å². The van der Waals surface area contributed by atoms with Gasteiger partial charge in [-0.25, -0.2) is 4.79 Å². The number of carboxylic acids is 1. The molecule has 6 nitrogen and oxygen atoms in total. The second kappa shape index (κ2) is 6.24. The Kier molecular flexibility index (Phi) is 5.62. The van der Waals surface area contributed by atoms with E-state index in [4.69, 9.17) is 16.6 Å². The lowest BCUT2D eigenvalue weighted by Crippen LogP contribution is -2.44. The van der Waals surface area contributed by atoms with Crippen LogP contribution in [0.5, 0.6) is 0 Å². The smallest absolute Gasteiger partial charge is 0.326 e. The highest BCUT2D eigenvalue weighted by Crippen LogP contribution is 1.95. The van der Waals surface area contributed by atoms with Gasteiger partial charge in [0.1, 0.15) is 6.04 Å². The minimum atomic E-state index is -0.944. The van der Waals surface area contributed by atoms with Crippen molar-refractivity contribution in [3.8, 4) is 0 Å². The third-order valence-corrected chi connectivity index (χ3v) is 1.56. The van der Waals surface area contributed by atoms with E-state index >= 15 is 0 Å². The van der Waals surface area contributed by atoms with E-state index in [-0.39, 0.29) is 5.96 Å². The van der Waals surface area contributed by atoms with Gasteiger partial charge in [0.05, 0.1) is 0 Å². The number of guanidine groups is 1. The van der Waals surface area contributed by atoms with Crippen LogP contribution in [0.15, 0.2) is 4.99 Å². The van der Waals surface area contributed by atoms with Gasteiger partial charge in [-0.05, 0) is 19.4 Å². The zero-order valence-corrected chi connectivity index (χ0v) is 7.66. The van der Waals surface area contributed by atoms with Gasteiger partial charge in [-0.3, -0.25) is 4.99 Å². The van der Waals surface area contributed by atoms with Gasteiger partial charge in [-0.15, -0.1) is 0 Å². The molecule has 0 fully saturated rings. The molecule has 0 saturated carbocycles. The molecule has 0 heterocycles. The number of rotatable bonds is 5. The lowest BCUT2D eigenvalue weighted by atomic mass is 10.1. The van der Waals surface area contributed by atoms with E-state index in [9.17, 15) is 4.79 Å². The Bertz CT molecular complexity index is 193. The van der Waals surface area contributed by atoms with Crippen LogP contribution in [0.2, 0.25) is 0 Å². The molecule has 6 N–H and O–H groups in total. The van der Waals surface area contributed by atoms with Crippen LogP contribution in [-0.4, -0.2) is 36.7 Å². The average Bonchev–Trinajstić information content (AvgIpc) is 2.11. The topological polar surface area (TPSA) is 114 Å².